The molecule has 3 aromatic rings. The van der Waals surface area contributed by atoms with E-state index in [9.17, 15) is 14.9 Å². The molecule has 1 atom stereocenters. The van der Waals surface area contributed by atoms with Crippen molar-refractivity contribution in [2.45, 2.75) is 38.8 Å². The molecule has 5 rings (SSSR count). The van der Waals surface area contributed by atoms with Crippen LogP contribution in [0.25, 0.3) is 0 Å². The number of piperidine rings is 1. The lowest BCUT2D eigenvalue weighted by Crippen LogP contribution is -2.59. The lowest BCUT2D eigenvalue weighted by molar-refractivity contribution is -0.119. The van der Waals surface area contributed by atoms with Crippen LogP contribution >= 0.6 is 0 Å². The Morgan fingerprint density at radius 2 is 1.62 bits per heavy atom. The van der Waals surface area contributed by atoms with E-state index in [1.54, 1.807) is 4.90 Å². The van der Waals surface area contributed by atoms with Crippen LogP contribution in [0.1, 0.15) is 39.9 Å². The topological polar surface area (TPSA) is 106 Å². The molecule has 0 bridgehead atoms. The number of nitrogens with one attached hydrogen (secondary N) is 1. The number of hydrogen-bond acceptors (Lipinski definition) is 6. The molecule has 3 N–H and O–H groups in total. The maximum atomic E-state index is 13.7. The Hall–Kier alpha value is -4.51. The van der Waals surface area contributed by atoms with Crippen molar-refractivity contribution in [1.29, 1.82) is 5.26 Å². The number of anilines is 3. The summed E-state index contributed by atoms with van der Waals surface area (Å²) in [5.41, 5.74) is 12.0. The first-order chi connectivity index (χ1) is 19.4. The third-order valence-electron chi connectivity index (χ3n) is 8.11. The fourth-order valence-corrected chi connectivity index (χ4v) is 5.88. The third-order valence-corrected chi connectivity index (χ3v) is 8.11. The average Bonchev–Trinajstić information content (AvgIpc) is 2.98. The van der Waals surface area contributed by atoms with Gasteiger partial charge in [0.15, 0.2) is 0 Å². The summed E-state index contributed by atoms with van der Waals surface area (Å²) in [6.07, 6.45) is 1.86. The van der Waals surface area contributed by atoms with E-state index in [4.69, 9.17) is 5.73 Å². The molecule has 0 saturated carbocycles. The van der Waals surface area contributed by atoms with Crippen molar-refractivity contribution in [3.63, 3.8) is 0 Å². The number of amides is 2. The highest BCUT2D eigenvalue weighted by atomic mass is 16.2. The molecule has 3 aromatic carbocycles. The van der Waals surface area contributed by atoms with Crippen LogP contribution in [0, 0.1) is 25.2 Å². The first-order valence-electron chi connectivity index (χ1n) is 13.9. The van der Waals surface area contributed by atoms with E-state index >= 15 is 0 Å². The summed E-state index contributed by atoms with van der Waals surface area (Å²) in [4.78, 5) is 32.2. The number of hydrogen-bond donors (Lipinski definition) is 2. The van der Waals surface area contributed by atoms with Gasteiger partial charge in [-0.15, -0.1) is 0 Å². The number of primary amides is 1. The number of para-hydroxylation sites is 2. The number of nitriles is 1. The Balaban J connectivity index is 1.27. The van der Waals surface area contributed by atoms with Gasteiger partial charge in [0, 0.05) is 49.2 Å². The highest BCUT2D eigenvalue weighted by Gasteiger charge is 2.34. The van der Waals surface area contributed by atoms with Crippen LogP contribution in [0.5, 0.6) is 0 Å². The summed E-state index contributed by atoms with van der Waals surface area (Å²) < 4.78 is 0. The van der Waals surface area contributed by atoms with E-state index in [-0.39, 0.29) is 18.5 Å². The molecule has 2 heterocycles. The minimum atomic E-state index is -0.584. The molecular formula is C32H36N6O2. The van der Waals surface area contributed by atoms with Crippen molar-refractivity contribution < 1.29 is 9.59 Å². The van der Waals surface area contributed by atoms with E-state index < -0.39 is 11.9 Å². The van der Waals surface area contributed by atoms with Crippen LogP contribution < -0.4 is 20.9 Å². The minimum Gasteiger partial charge on any atom is -0.382 e. The molecule has 0 radical (unpaired) electrons. The summed E-state index contributed by atoms with van der Waals surface area (Å²) in [6, 6.07) is 23.5. The lowest BCUT2D eigenvalue weighted by Gasteiger charge is -2.41. The second-order valence-electron chi connectivity index (χ2n) is 10.7. The van der Waals surface area contributed by atoms with Crippen LogP contribution in [-0.2, 0) is 4.79 Å². The average molecular weight is 537 g/mol. The normalized spacial score (nSPS) is 17.8. The summed E-state index contributed by atoms with van der Waals surface area (Å²) in [5.74, 6) is -0.518. The highest BCUT2D eigenvalue weighted by molar-refractivity contribution is 5.98. The number of rotatable bonds is 6. The number of nitrogens with two attached hydrogens (primary N) is 1. The lowest BCUT2D eigenvalue weighted by atomic mass is 9.99. The standard InChI is InChI=1S/C32H36N6O2/c1-22-18-23(2)28(35-25-12-14-36(15-13-25)29-11-7-6-8-24(29)20-33)19-27(22)32(40)37-16-17-38(30(21-37)31(34)39)26-9-4-3-5-10-26/h3-11,18-19,25,30,35H,12-17,21H2,1-2H3,(H2,34,39). The maximum absolute atomic E-state index is 13.7. The van der Waals surface area contributed by atoms with E-state index in [1.165, 1.54) is 0 Å². The molecule has 8 nitrogen and oxygen atoms in total. The Morgan fingerprint density at radius 3 is 2.33 bits per heavy atom. The van der Waals surface area contributed by atoms with Gasteiger partial charge in [-0.1, -0.05) is 36.4 Å². The Morgan fingerprint density at radius 1 is 0.925 bits per heavy atom. The van der Waals surface area contributed by atoms with Crippen molar-refractivity contribution in [2.24, 2.45) is 5.73 Å². The van der Waals surface area contributed by atoms with Crippen molar-refractivity contribution in [3.8, 4) is 6.07 Å². The fourth-order valence-electron chi connectivity index (χ4n) is 5.88. The predicted molar refractivity (Wildman–Crippen MR) is 159 cm³/mol. The number of benzene rings is 3. The Kier molecular flexibility index (Phi) is 7.92. The van der Waals surface area contributed by atoms with E-state index in [1.807, 2.05) is 72.5 Å². The van der Waals surface area contributed by atoms with Gasteiger partial charge in [0.1, 0.15) is 12.1 Å². The molecule has 2 saturated heterocycles. The van der Waals surface area contributed by atoms with Crippen LogP contribution in [0.15, 0.2) is 66.7 Å². The minimum absolute atomic E-state index is 0.0811. The quantitative estimate of drug-likeness (QED) is 0.492. The molecule has 8 heteroatoms. The van der Waals surface area contributed by atoms with Crippen LogP contribution in [0.3, 0.4) is 0 Å². The Bertz CT molecular complexity index is 1430. The van der Waals surface area contributed by atoms with Gasteiger partial charge < -0.3 is 25.8 Å². The van der Waals surface area contributed by atoms with E-state index in [0.29, 0.717) is 24.2 Å². The zero-order valence-corrected chi connectivity index (χ0v) is 23.1. The van der Waals surface area contributed by atoms with Gasteiger partial charge in [-0.05, 0) is 68.1 Å². The van der Waals surface area contributed by atoms with Crippen LogP contribution in [0.2, 0.25) is 0 Å². The third kappa shape index (κ3) is 5.59. The molecule has 1 unspecified atom stereocenters. The molecule has 40 heavy (non-hydrogen) atoms. The first-order valence-corrected chi connectivity index (χ1v) is 13.9. The van der Waals surface area contributed by atoms with Crippen LogP contribution in [0.4, 0.5) is 17.1 Å². The van der Waals surface area contributed by atoms with Crippen molar-refractivity contribution in [1.82, 2.24) is 4.90 Å². The molecule has 0 spiro atoms. The van der Waals surface area contributed by atoms with Crippen molar-refractivity contribution in [2.75, 3.05) is 47.8 Å². The molecule has 0 aliphatic carbocycles. The van der Waals surface area contributed by atoms with Crippen molar-refractivity contribution in [3.05, 3.63) is 89.0 Å². The maximum Gasteiger partial charge on any atom is 0.254 e. The summed E-state index contributed by atoms with van der Waals surface area (Å²) in [5, 5.41) is 13.2. The number of nitrogens with zero attached hydrogens (tertiary/aromatic N) is 4. The summed E-state index contributed by atoms with van der Waals surface area (Å²) >= 11 is 0. The van der Waals surface area contributed by atoms with Gasteiger partial charge in [-0.25, -0.2) is 0 Å². The van der Waals surface area contributed by atoms with Crippen LogP contribution in [-0.4, -0.2) is 61.5 Å². The number of carbonyl (C=O) groups is 2. The van der Waals surface area contributed by atoms with Gasteiger partial charge in [-0.3, -0.25) is 9.59 Å². The van der Waals surface area contributed by atoms with Gasteiger partial charge in [0.2, 0.25) is 5.91 Å². The second-order valence-corrected chi connectivity index (χ2v) is 10.7. The first kappa shape index (κ1) is 27.1. The van der Waals surface area contributed by atoms with Gasteiger partial charge in [0.25, 0.3) is 5.91 Å². The summed E-state index contributed by atoms with van der Waals surface area (Å²) in [6.45, 7) is 7.02. The number of carbonyl (C=O) groups excluding carboxylic acids is 2. The predicted octanol–water partition coefficient (Wildman–Crippen LogP) is 4.07. The monoisotopic (exact) mass is 536 g/mol. The van der Waals surface area contributed by atoms with E-state index in [0.717, 1.165) is 54.1 Å². The molecule has 2 aliphatic heterocycles. The molecule has 2 amide bonds. The second kappa shape index (κ2) is 11.7. The molecular weight excluding hydrogens is 500 g/mol. The largest absolute Gasteiger partial charge is 0.382 e. The van der Waals surface area contributed by atoms with Gasteiger partial charge in [-0.2, -0.15) is 5.26 Å². The zero-order chi connectivity index (χ0) is 28.2. The smallest absolute Gasteiger partial charge is 0.254 e. The fraction of sp³-hybridized carbons (Fsp3) is 0.344. The number of aryl methyl sites for hydroxylation is 2. The summed E-state index contributed by atoms with van der Waals surface area (Å²) in [7, 11) is 0. The zero-order valence-electron chi connectivity index (χ0n) is 23.1. The van der Waals surface area contributed by atoms with Gasteiger partial charge >= 0.3 is 0 Å². The molecule has 2 fully saturated rings. The highest BCUT2D eigenvalue weighted by Crippen LogP contribution is 2.29. The molecule has 206 valence electrons. The molecule has 2 aliphatic rings. The Labute approximate surface area is 236 Å². The van der Waals surface area contributed by atoms with Crippen molar-refractivity contribution >= 4 is 28.9 Å². The SMILES string of the molecule is Cc1cc(C)c(C(=O)N2CCN(c3ccccc3)C(C(N)=O)C2)cc1NC1CCN(c2ccccc2C#N)CC1. The molecule has 0 aromatic heterocycles. The number of piperazine rings is 1. The van der Waals surface area contributed by atoms with E-state index in [2.05, 4.69) is 29.3 Å². The van der Waals surface area contributed by atoms with Gasteiger partial charge in [0.05, 0.1) is 17.8 Å².